The van der Waals surface area contributed by atoms with E-state index >= 15 is 0 Å². The summed E-state index contributed by atoms with van der Waals surface area (Å²) in [5.74, 6) is 0. The van der Waals surface area contributed by atoms with Gasteiger partial charge in [0.05, 0.1) is 0 Å². The van der Waals surface area contributed by atoms with Crippen LogP contribution in [0.5, 0.6) is 0 Å². The Morgan fingerprint density at radius 3 is 2.71 bits per heavy atom. The van der Waals surface area contributed by atoms with Crippen molar-refractivity contribution in [2.45, 2.75) is 25.2 Å². The molecule has 0 atom stereocenters. The predicted octanol–water partition coefficient (Wildman–Crippen LogP) is 2.16. The molecule has 1 saturated heterocycles. The molecule has 1 fully saturated rings. The SMILES string of the molecule is CC1(C)CCN(S(=O)(=O)c2cccnc2Cl)C1. The molecule has 17 heavy (non-hydrogen) atoms. The van der Waals surface area contributed by atoms with Crippen LogP contribution in [-0.2, 0) is 10.0 Å². The Labute approximate surface area is 107 Å². The van der Waals surface area contributed by atoms with E-state index in [1.807, 2.05) is 0 Å². The van der Waals surface area contributed by atoms with Gasteiger partial charge in [-0.05, 0) is 24.0 Å². The summed E-state index contributed by atoms with van der Waals surface area (Å²) >= 11 is 5.84. The maximum Gasteiger partial charge on any atom is 0.246 e. The van der Waals surface area contributed by atoms with E-state index in [2.05, 4.69) is 18.8 Å². The monoisotopic (exact) mass is 274 g/mol. The molecular weight excluding hydrogens is 260 g/mol. The van der Waals surface area contributed by atoms with Crippen LogP contribution >= 0.6 is 11.6 Å². The minimum absolute atomic E-state index is 0.0295. The van der Waals surface area contributed by atoms with Crippen molar-refractivity contribution in [1.29, 1.82) is 0 Å². The Morgan fingerprint density at radius 2 is 2.18 bits per heavy atom. The summed E-state index contributed by atoms with van der Waals surface area (Å²) < 4.78 is 26.2. The van der Waals surface area contributed by atoms with Crippen LogP contribution in [0, 0.1) is 5.41 Å². The van der Waals surface area contributed by atoms with Crippen LogP contribution in [0.4, 0.5) is 0 Å². The average molecular weight is 275 g/mol. The first-order valence-electron chi connectivity index (χ1n) is 5.44. The van der Waals surface area contributed by atoms with Gasteiger partial charge in [0, 0.05) is 19.3 Å². The third-order valence-corrected chi connectivity index (χ3v) is 5.28. The van der Waals surface area contributed by atoms with Gasteiger partial charge in [-0.2, -0.15) is 4.31 Å². The van der Waals surface area contributed by atoms with Crippen molar-refractivity contribution in [2.24, 2.45) is 5.41 Å². The van der Waals surface area contributed by atoms with E-state index in [0.29, 0.717) is 13.1 Å². The molecule has 1 aromatic heterocycles. The van der Waals surface area contributed by atoms with Crippen LogP contribution in [-0.4, -0.2) is 30.8 Å². The van der Waals surface area contributed by atoms with E-state index in [4.69, 9.17) is 11.6 Å². The zero-order valence-corrected chi connectivity index (χ0v) is 11.4. The summed E-state index contributed by atoms with van der Waals surface area (Å²) in [5, 5.41) is 0.0391. The molecule has 0 radical (unpaired) electrons. The Balaban J connectivity index is 2.36. The van der Waals surface area contributed by atoms with Crippen LogP contribution < -0.4 is 0 Å². The highest BCUT2D eigenvalue weighted by atomic mass is 35.5. The summed E-state index contributed by atoms with van der Waals surface area (Å²) in [7, 11) is -3.50. The molecule has 6 heteroatoms. The maximum atomic E-state index is 12.3. The zero-order chi connectivity index (χ0) is 12.7. The van der Waals surface area contributed by atoms with Gasteiger partial charge in [-0.1, -0.05) is 25.4 Å². The normalized spacial score (nSPS) is 20.6. The fraction of sp³-hybridized carbons (Fsp3) is 0.545. The fourth-order valence-electron chi connectivity index (χ4n) is 1.97. The lowest BCUT2D eigenvalue weighted by atomic mass is 9.93. The summed E-state index contributed by atoms with van der Waals surface area (Å²) in [4.78, 5) is 3.91. The number of nitrogens with zero attached hydrogens (tertiary/aromatic N) is 2. The van der Waals surface area contributed by atoms with Crippen molar-refractivity contribution in [3.8, 4) is 0 Å². The Morgan fingerprint density at radius 1 is 1.47 bits per heavy atom. The van der Waals surface area contributed by atoms with E-state index in [1.54, 1.807) is 6.07 Å². The number of hydrogen-bond acceptors (Lipinski definition) is 3. The smallest absolute Gasteiger partial charge is 0.243 e. The van der Waals surface area contributed by atoms with E-state index in [0.717, 1.165) is 6.42 Å². The van der Waals surface area contributed by atoms with Gasteiger partial charge in [-0.15, -0.1) is 0 Å². The third-order valence-electron chi connectivity index (χ3n) is 2.99. The second-order valence-electron chi connectivity index (χ2n) is 5.05. The maximum absolute atomic E-state index is 12.3. The van der Waals surface area contributed by atoms with Gasteiger partial charge >= 0.3 is 0 Å². The molecule has 0 aliphatic carbocycles. The lowest BCUT2D eigenvalue weighted by Gasteiger charge is -2.19. The van der Waals surface area contributed by atoms with E-state index in [9.17, 15) is 8.42 Å². The quantitative estimate of drug-likeness (QED) is 0.777. The third kappa shape index (κ3) is 2.46. The first-order valence-corrected chi connectivity index (χ1v) is 7.25. The molecule has 0 unspecified atom stereocenters. The van der Waals surface area contributed by atoms with Crippen molar-refractivity contribution < 1.29 is 8.42 Å². The van der Waals surface area contributed by atoms with Gasteiger partial charge in [0.25, 0.3) is 0 Å². The van der Waals surface area contributed by atoms with Gasteiger partial charge in [0.15, 0.2) is 0 Å². The number of aromatic nitrogens is 1. The Kier molecular flexibility index (Phi) is 3.18. The van der Waals surface area contributed by atoms with Crippen LogP contribution in [0.3, 0.4) is 0 Å². The largest absolute Gasteiger partial charge is 0.246 e. The van der Waals surface area contributed by atoms with Gasteiger partial charge in [0.1, 0.15) is 10.0 Å². The van der Waals surface area contributed by atoms with Crippen molar-refractivity contribution in [1.82, 2.24) is 9.29 Å². The average Bonchev–Trinajstić information content (AvgIpc) is 2.60. The molecule has 0 amide bonds. The number of pyridine rings is 1. The molecule has 0 aromatic carbocycles. The minimum Gasteiger partial charge on any atom is -0.243 e. The summed E-state index contributed by atoms with van der Waals surface area (Å²) in [6, 6.07) is 3.08. The highest BCUT2D eigenvalue weighted by Gasteiger charge is 2.37. The first-order chi connectivity index (χ1) is 7.83. The number of rotatable bonds is 2. The highest BCUT2D eigenvalue weighted by molar-refractivity contribution is 7.89. The minimum atomic E-state index is -3.50. The summed E-state index contributed by atoms with van der Waals surface area (Å²) in [6.07, 6.45) is 2.35. The van der Waals surface area contributed by atoms with Crippen LogP contribution in [0.1, 0.15) is 20.3 Å². The molecule has 94 valence electrons. The summed E-state index contributed by atoms with van der Waals surface area (Å²) in [6.45, 7) is 5.20. The van der Waals surface area contributed by atoms with Gasteiger partial charge < -0.3 is 0 Å². The number of sulfonamides is 1. The second-order valence-corrected chi connectivity index (χ2v) is 7.31. The van der Waals surface area contributed by atoms with Crippen LogP contribution in [0.2, 0.25) is 5.15 Å². The number of hydrogen-bond donors (Lipinski definition) is 0. The van der Waals surface area contributed by atoms with E-state index < -0.39 is 10.0 Å². The molecule has 2 heterocycles. The molecule has 4 nitrogen and oxygen atoms in total. The first kappa shape index (κ1) is 12.8. The fourth-order valence-corrected chi connectivity index (χ4v) is 4.03. The standard InChI is InChI=1S/C11H15ClN2O2S/c1-11(2)5-7-14(8-11)17(15,16)9-4-3-6-13-10(9)12/h3-4,6H,5,7-8H2,1-2H3. The topological polar surface area (TPSA) is 50.3 Å². The molecule has 2 rings (SSSR count). The Bertz CT molecular complexity index is 528. The molecule has 1 aliphatic heterocycles. The van der Waals surface area contributed by atoms with Gasteiger partial charge in [0.2, 0.25) is 10.0 Å². The van der Waals surface area contributed by atoms with E-state index in [1.165, 1.54) is 16.6 Å². The summed E-state index contributed by atoms with van der Waals surface area (Å²) in [5.41, 5.74) is 0.0295. The Hall–Kier alpha value is -0.650. The second kappa shape index (κ2) is 4.23. The van der Waals surface area contributed by atoms with Crippen LogP contribution in [0.25, 0.3) is 0 Å². The molecule has 0 spiro atoms. The zero-order valence-electron chi connectivity index (χ0n) is 9.85. The molecule has 0 saturated carbocycles. The van der Waals surface area contributed by atoms with Crippen molar-refractivity contribution in [3.63, 3.8) is 0 Å². The van der Waals surface area contributed by atoms with Gasteiger partial charge in [-0.3, -0.25) is 0 Å². The van der Waals surface area contributed by atoms with Gasteiger partial charge in [-0.25, -0.2) is 13.4 Å². The van der Waals surface area contributed by atoms with Crippen molar-refractivity contribution >= 4 is 21.6 Å². The molecule has 0 N–H and O–H groups in total. The number of halogens is 1. The highest BCUT2D eigenvalue weighted by Crippen LogP contribution is 2.33. The van der Waals surface area contributed by atoms with Crippen molar-refractivity contribution in [2.75, 3.05) is 13.1 Å². The van der Waals surface area contributed by atoms with Crippen LogP contribution in [0.15, 0.2) is 23.2 Å². The molecule has 0 bridgehead atoms. The molecule has 1 aliphatic rings. The lowest BCUT2D eigenvalue weighted by molar-refractivity contribution is 0.375. The van der Waals surface area contributed by atoms with E-state index in [-0.39, 0.29) is 15.5 Å². The predicted molar refractivity (Wildman–Crippen MR) is 66.4 cm³/mol. The molecular formula is C11H15ClN2O2S. The molecule has 1 aromatic rings. The lowest BCUT2D eigenvalue weighted by Crippen LogP contribution is -2.30. The van der Waals surface area contributed by atoms with Crippen molar-refractivity contribution in [3.05, 3.63) is 23.5 Å².